The number of carbonyl (C=O) groups is 7. The van der Waals surface area contributed by atoms with Crippen molar-refractivity contribution in [2.24, 2.45) is 11.8 Å². The van der Waals surface area contributed by atoms with E-state index in [1.165, 1.54) is 6.92 Å². The van der Waals surface area contributed by atoms with Gasteiger partial charge >= 0.3 is 5.97 Å². The van der Waals surface area contributed by atoms with Crippen LogP contribution >= 0.6 is 0 Å². The zero-order valence-corrected chi connectivity index (χ0v) is 60.9. The topological polar surface area (TPSA) is 392 Å². The van der Waals surface area contributed by atoms with E-state index in [4.69, 9.17) is 94.6 Å². The molecule has 2 aliphatic heterocycles. The highest BCUT2D eigenvalue weighted by Crippen LogP contribution is 2.27. The van der Waals surface area contributed by atoms with E-state index in [0.717, 1.165) is 22.0 Å². The molecule has 0 unspecified atom stereocenters. The highest BCUT2D eigenvalue weighted by atomic mass is 32.2. The number of hydrogen-bond acceptors (Lipinski definition) is 28. The molecule has 0 bridgehead atoms. The summed E-state index contributed by atoms with van der Waals surface area (Å²) in [5.41, 5.74) is 1.61. The molecule has 0 saturated carbocycles. The lowest BCUT2D eigenvalue weighted by atomic mass is 10.0. The fourth-order valence-electron chi connectivity index (χ4n) is 8.97. The third kappa shape index (κ3) is 43.6. The van der Waals surface area contributed by atoms with Crippen LogP contribution < -0.4 is 16.0 Å². The summed E-state index contributed by atoms with van der Waals surface area (Å²) in [6.07, 6.45) is 5.39. The van der Waals surface area contributed by atoms with Crippen LogP contribution in [0.25, 0.3) is 6.08 Å². The zero-order valence-electron chi connectivity index (χ0n) is 60.1. The van der Waals surface area contributed by atoms with Gasteiger partial charge in [0.2, 0.25) is 23.6 Å². The Bertz CT molecular complexity index is 2640. The second-order valence-electron chi connectivity index (χ2n) is 23.2. The number of hydrogen-bond donors (Lipinski definition) is 4. The molecular formula is C67H111N5O29S. The highest BCUT2D eigenvalue weighted by Gasteiger charge is 2.47. The van der Waals surface area contributed by atoms with E-state index in [-0.39, 0.29) is 39.0 Å². The van der Waals surface area contributed by atoms with Gasteiger partial charge in [-0.05, 0) is 36.1 Å². The van der Waals surface area contributed by atoms with Gasteiger partial charge in [-0.3, -0.25) is 43.0 Å². The number of carbonyl (C=O) groups excluding carboxylic acids is 7. The number of amides is 6. The minimum absolute atomic E-state index is 0.0447. The molecule has 584 valence electrons. The van der Waals surface area contributed by atoms with Crippen LogP contribution in [0, 0.1) is 11.8 Å². The van der Waals surface area contributed by atoms with Gasteiger partial charge in [0.1, 0.15) is 31.5 Å². The molecule has 1 aromatic rings. The first-order valence-corrected chi connectivity index (χ1v) is 35.9. The highest BCUT2D eigenvalue weighted by molar-refractivity contribution is 7.85. The van der Waals surface area contributed by atoms with Crippen molar-refractivity contribution in [2.75, 3.05) is 250 Å². The number of esters is 1. The van der Waals surface area contributed by atoms with Crippen LogP contribution in [-0.2, 0) is 140 Å². The van der Waals surface area contributed by atoms with E-state index < -0.39 is 101 Å². The number of imide groups is 1. The van der Waals surface area contributed by atoms with Crippen molar-refractivity contribution in [1.29, 1.82) is 0 Å². The van der Waals surface area contributed by atoms with Crippen LogP contribution in [0.4, 0.5) is 5.69 Å². The third-order valence-corrected chi connectivity index (χ3v) is 15.0. The summed E-state index contributed by atoms with van der Waals surface area (Å²) < 4.78 is 135. The van der Waals surface area contributed by atoms with Gasteiger partial charge in [-0.2, -0.15) is 8.42 Å². The van der Waals surface area contributed by atoms with Crippen molar-refractivity contribution in [3.8, 4) is 0 Å². The molecule has 0 spiro atoms. The largest absolute Gasteiger partial charge is 0.461 e. The van der Waals surface area contributed by atoms with Crippen LogP contribution in [0.15, 0.2) is 36.4 Å². The standard InChI is InChI=1S/C67H111N5O29S/c1-52(2)63(70-60(73)48-71-58(50-98-44-45-102(80,81)82)47-59(66(71)78)72-61(74)11-12-62(72)75)65(77)68-54(5)64(76)69-57-10-9-56(49-101-67(79)53(3)4)55(46-57)8-7-13-84-16-17-86-20-21-88-24-25-90-26-27-91-28-29-92-30-31-93-33-35-95-37-39-97-41-43-100-51-99-42-40-96-38-36-94-34-32-89-23-22-87-19-18-85-15-14-83-6/h7-12,46,52-54,58-59,63H,13-45,47-51H2,1-6H3,(H,68,77)(H,69,76)(H,70,73)(H,80,81,82)/b8-7+/t54-,58-,59-,63-/m0/s1. The summed E-state index contributed by atoms with van der Waals surface area (Å²) in [5, 5.41) is 8.01. The molecule has 35 heteroatoms. The Morgan fingerprint density at radius 2 is 0.971 bits per heavy atom. The maximum Gasteiger partial charge on any atom is 0.308 e. The maximum absolute atomic E-state index is 13.7. The van der Waals surface area contributed by atoms with Gasteiger partial charge in [0.25, 0.3) is 21.9 Å². The van der Waals surface area contributed by atoms with Crippen LogP contribution in [0.2, 0.25) is 0 Å². The summed E-state index contributed by atoms with van der Waals surface area (Å²) in [6.45, 7) is 20.3. The van der Waals surface area contributed by atoms with Crippen molar-refractivity contribution in [2.45, 2.75) is 71.8 Å². The normalized spacial score (nSPS) is 15.4. The van der Waals surface area contributed by atoms with Gasteiger partial charge in [-0.1, -0.05) is 45.9 Å². The molecule has 6 amide bonds. The Labute approximate surface area is 598 Å². The van der Waals surface area contributed by atoms with Gasteiger partial charge in [-0.15, -0.1) is 0 Å². The molecule has 2 aliphatic rings. The van der Waals surface area contributed by atoms with Crippen molar-refractivity contribution in [3.05, 3.63) is 47.6 Å². The number of benzene rings is 1. The molecule has 1 saturated heterocycles. The number of nitrogens with zero attached hydrogens (tertiary/aromatic N) is 2. The van der Waals surface area contributed by atoms with E-state index in [0.29, 0.717) is 215 Å². The minimum Gasteiger partial charge on any atom is -0.461 e. The lowest BCUT2D eigenvalue weighted by molar-refractivity contribution is -0.148. The fraction of sp³-hybridized carbons (Fsp3) is 0.746. The van der Waals surface area contributed by atoms with Gasteiger partial charge in [0.05, 0.1) is 242 Å². The van der Waals surface area contributed by atoms with E-state index in [2.05, 4.69) is 16.0 Å². The Morgan fingerprint density at radius 3 is 1.38 bits per heavy atom. The van der Waals surface area contributed by atoms with Crippen LogP contribution in [0.3, 0.4) is 0 Å². The molecule has 0 radical (unpaired) electrons. The molecule has 0 aliphatic carbocycles. The van der Waals surface area contributed by atoms with E-state index in [1.807, 2.05) is 0 Å². The Balaban J connectivity index is 1.16. The number of rotatable bonds is 67. The summed E-state index contributed by atoms with van der Waals surface area (Å²) in [6, 6.07) is 0.470. The molecule has 2 heterocycles. The molecule has 1 aromatic carbocycles. The minimum atomic E-state index is -4.37. The van der Waals surface area contributed by atoms with E-state index >= 15 is 0 Å². The average molecular weight is 1480 g/mol. The smallest absolute Gasteiger partial charge is 0.308 e. The predicted molar refractivity (Wildman–Crippen MR) is 365 cm³/mol. The van der Waals surface area contributed by atoms with Crippen LogP contribution in [0.5, 0.6) is 0 Å². The summed E-state index contributed by atoms with van der Waals surface area (Å²) in [5.74, 6) is -6.33. The fourth-order valence-corrected chi connectivity index (χ4v) is 9.29. The van der Waals surface area contributed by atoms with Crippen molar-refractivity contribution in [1.82, 2.24) is 20.4 Å². The number of ether oxygens (including phenoxy) is 19. The summed E-state index contributed by atoms with van der Waals surface area (Å²) >= 11 is 0. The molecule has 3 rings (SSSR count). The van der Waals surface area contributed by atoms with Crippen molar-refractivity contribution >= 4 is 63.3 Å². The quantitative estimate of drug-likeness (QED) is 0.0229. The van der Waals surface area contributed by atoms with Gasteiger partial charge in [-0.25, -0.2) is 0 Å². The number of methoxy groups -OCH3 is 1. The third-order valence-electron chi connectivity index (χ3n) is 14.4. The predicted octanol–water partition coefficient (Wildman–Crippen LogP) is 0.651. The van der Waals surface area contributed by atoms with Gasteiger partial charge in [0, 0.05) is 31.4 Å². The molecular weight excluding hydrogens is 1370 g/mol. The van der Waals surface area contributed by atoms with Gasteiger partial charge < -0.3 is 111 Å². The Hall–Kier alpha value is -5.62. The van der Waals surface area contributed by atoms with Crippen molar-refractivity contribution < 1.29 is 137 Å². The van der Waals surface area contributed by atoms with Crippen molar-refractivity contribution in [3.63, 3.8) is 0 Å². The van der Waals surface area contributed by atoms with Crippen LogP contribution in [-0.4, -0.2) is 333 Å². The zero-order chi connectivity index (χ0) is 74.3. The van der Waals surface area contributed by atoms with Gasteiger partial charge in [0.15, 0.2) is 0 Å². The summed E-state index contributed by atoms with van der Waals surface area (Å²) in [4.78, 5) is 93.5. The van der Waals surface area contributed by atoms with E-state index in [9.17, 15) is 42.0 Å². The molecule has 4 atom stereocenters. The Morgan fingerprint density at radius 1 is 0.549 bits per heavy atom. The average Bonchev–Trinajstić information content (AvgIpc) is 1.63. The molecule has 34 nitrogen and oxygen atoms in total. The van der Waals surface area contributed by atoms with Crippen LogP contribution in [0.1, 0.15) is 52.2 Å². The first-order chi connectivity index (χ1) is 49.3. The lowest BCUT2D eigenvalue weighted by Gasteiger charge is -2.27. The molecule has 1 fully saturated rings. The number of nitrogens with one attached hydrogen (secondary N) is 3. The second kappa shape index (κ2) is 57.7. The molecule has 4 N–H and O–H groups in total. The maximum atomic E-state index is 13.7. The number of anilines is 1. The Kier molecular flexibility index (Phi) is 51.2. The monoisotopic (exact) mass is 1480 g/mol. The van der Waals surface area contributed by atoms with E-state index in [1.54, 1.807) is 65.2 Å². The first kappa shape index (κ1) is 90.6. The number of likely N-dealkylation sites (tertiary alicyclic amines) is 1. The molecule has 0 aromatic heterocycles. The SMILES string of the molecule is COCCOCCOCCOCCOCCOCCOCOCCOCCOCCOCCOCCOCCOCCOCCOCCOC/C=C/c1cc(NC(=O)[C@H](C)NC(=O)[C@@H](NC(=O)CN2C(=O)[C@@H](N3C(=O)C=CC3=O)C[C@H]2COCCS(=O)(=O)O)C(C)C)ccc1COC(=O)C(C)C. The lowest BCUT2D eigenvalue weighted by Crippen LogP contribution is -2.56. The summed E-state index contributed by atoms with van der Waals surface area (Å²) in [7, 11) is -2.73. The first-order valence-electron chi connectivity index (χ1n) is 34.3. The molecule has 102 heavy (non-hydrogen) atoms. The second-order valence-corrected chi connectivity index (χ2v) is 24.7.